The second-order valence-corrected chi connectivity index (χ2v) is 7.99. The molecule has 0 heterocycles. The largest absolute Gasteiger partial charge is 0.484 e. The number of sulfone groups is 1. The zero-order valence-electron chi connectivity index (χ0n) is 14.7. The van der Waals surface area contributed by atoms with Gasteiger partial charge >= 0.3 is 0 Å². The molecular weight excluding hydrogens is 338 g/mol. The van der Waals surface area contributed by atoms with Gasteiger partial charge in [-0.05, 0) is 43.2 Å². The first-order chi connectivity index (χ1) is 11.8. The van der Waals surface area contributed by atoms with Gasteiger partial charge in [-0.15, -0.1) is 0 Å². The molecule has 0 aromatic heterocycles. The fourth-order valence-electron chi connectivity index (χ4n) is 2.39. The lowest BCUT2D eigenvalue weighted by Crippen LogP contribution is -2.32. The summed E-state index contributed by atoms with van der Waals surface area (Å²) < 4.78 is 28.5. The predicted octanol–water partition coefficient (Wildman–Crippen LogP) is 3.04. The quantitative estimate of drug-likeness (QED) is 0.823. The van der Waals surface area contributed by atoms with Crippen LogP contribution in [0.15, 0.2) is 53.4 Å². The van der Waals surface area contributed by atoms with Crippen LogP contribution in [0.5, 0.6) is 5.75 Å². The van der Waals surface area contributed by atoms with Crippen molar-refractivity contribution in [3.8, 4) is 5.75 Å². The summed E-state index contributed by atoms with van der Waals surface area (Å²) >= 11 is 0. The Balaban J connectivity index is 1.96. The van der Waals surface area contributed by atoms with Crippen molar-refractivity contribution in [2.24, 2.45) is 0 Å². The highest BCUT2D eigenvalue weighted by Gasteiger charge is 2.14. The summed E-state index contributed by atoms with van der Waals surface area (Å²) in [5.41, 5.74) is 1.99. The number of amides is 1. The molecule has 0 aliphatic rings. The number of ether oxygens (including phenoxy) is 1. The number of carbonyl (C=O) groups excluding carboxylic acids is 1. The first-order valence-corrected chi connectivity index (χ1v) is 9.97. The molecule has 2 aromatic rings. The van der Waals surface area contributed by atoms with Crippen LogP contribution in [-0.2, 0) is 14.6 Å². The van der Waals surface area contributed by atoms with E-state index < -0.39 is 9.84 Å². The third-order valence-corrected chi connectivity index (χ3v) is 4.97. The Morgan fingerprint density at radius 1 is 1.08 bits per heavy atom. The molecule has 6 heteroatoms. The summed E-state index contributed by atoms with van der Waals surface area (Å²) in [6.45, 7) is 3.87. The zero-order chi connectivity index (χ0) is 18.4. The number of nitrogens with one attached hydrogen (secondary N) is 1. The molecule has 0 saturated heterocycles. The van der Waals surface area contributed by atoms with Gasteiger partial charge in [-0.1, -0.05) is 36.8 Å². The molecule has 25 heavy (non-hydrogen) atoms. The van der Waals surface area contributed by atoms with Gasteiger partial charge in [0.05, 0.1) is 10.9 Å². The van der Waals surface area contributed by atoms with Crippen molar-refractivity contribution in [2.75, 3.05) is 12.9 Å². The van der Waals surface area contributed by atoms with Gasteiger partial charge in [-0.25, -0.2) is 8.42 Å². The minimum atomic E-state index is -3.22. The summed E-state index contributed by atoms with van der Waals surface area (Å²) in [7, 11) is -3.22. The number of rotatable bonds is 7. The Hall–Kier alpha value is -2.34. The topological polar surface area (TPSA) is 72.5 Å². The van der Waals surface area contributed by atoms with Gasteiger partial charge in [0.25, 0.3) is 5.91 Å². The van der Waals surface area contributed by atoms with E-state index in [0.29, 0.717) is 12.2 Å². The van der Waals surface area contributed by atoms with Gasteiger partial charge in [-0.3, -0.25) is 4.79 Å². The normalized spacial score (nSPS) is 12.4. The molecule has 1 atom stereocenters. The molecule has 5 nitrogen and oxygen atoms in total. The van der Waals surface area contributed by atoms with Crippen molar-refractivity contribution in [1.29, 1.82) is 0 Å². The van der Waals surface area contributed by atoms with E-state index in [-0.39, 0.29) is 23.5 Å². The fraction of sp³-hybridized carbons (Fsp3) is 0.316. The number of benzene rings is 2. The van der Waals surface area contributed by atoms with Gasteiger partial charge in [0.2, 0.25) is 0 Å². The predicted molar refractivity (Wildman–Crippen MR) is 97.4 cm³/mol. The average Bonchev–Trinajstić information content (AvgIpc) is 2.58. The first-order valence-electron chi connectivity index (χ1n) is 8.08. The lowest BCUT2D eigenvalue weighted by atomic mass is 10.0. The summed E-state index contributed by atoms with van der Waals surface area (Å²) in [5, 5.41) is 2.91. The van der Waals surface area contributed by atoms with Crippen LogP contribution in [0.25, 0.3) is 0 Å². The Morgan fingerprint density at radius 2 is 1.68 bits per heavy atom. The standard InChI is InChI=1S/C19H23NO4S/c1-4-18(15-7-11-17(12-8-15)25(3,22)23)20-19(21)13-24-16-9-5-14(2)6-10-16/h5-12,18H,4,13H2,1-3H3,(H,20,21). The second kappa shape index (κ2) is 8.16. The van der Waals surface area contributed by atoms with E-state index >= 15 is 0 Å². The number of hydrogen-bond donors (Lipinski definition) is 1. The molecule has 2 rings (SSSR count). The fourth-order valence-corrected chi connectivity index (χ4v) is 3.02. The van der Waals surface area contributed by atoms with Crippen LogP contribution in [-0.4, -0.2) is 27.2 Å². The Morgan fingerprint density at radius 3 is 2.20 bits per heavy atom. The van der Waals surface area contributed by atoms with E-state index in [1.54, 1.807) is 24.3 Å². The molecule has 0 saturated carbocycles. The molecule has 0 aliphatic heterocycles. The Bertz CT molecular complexity index is 812. The SMILES string of the molecule is CCC(NC(=O)COc1ccc(C)cc1)c1ccc(S(C)(=O)=O)cc1. The van der Waals surface area contributed by atoms with Crippen molar-refractivity contribution in [1.82, 2.24) is 5.32 Å². The Kier molecular flexibility index (Phi) is 6.20. The average molecular weight is 361 g/mol. The summed E-state index contributed by atoms with van der Waals surface area (Å²) in [6.07, 6.45) is 1.86. The highest BCUT2D eigenvalue weighted by molar-refractivity contribution is 7.90. The number of carbonyl (C=O) groups is 1. The van der Waals surface area contributed by atoms with Crippen molar-refractivity contribution in [3.63, 3.8) is 0 Å². The van der Waals surface area contributed by atoms with Gasteiger partial charge in [-0.2, -0.15) is 0 Å². The van der Waals surface area contributed by atoms with E-state index in [1.807, 2.05) is 38.1 Å². The lowest BCUT2D eigenvalue weighted by molar-refractivity contribution is -0.123. The molecule has 0 radical (unpaired) electrons. The molecule has 1 unspecified atom stereocenters. The smallest absolute Gasteiger partial charge is 0.258 e. The minimum absolute atomic E-state index is 0.0685. The monoisotopic (exact) mass is 361 g/mol. The van der Waals surface area contributed by atoms with Crippen LogP contribution in [0.1, 0.15) is 30.5 Å². The molecule has 0 aliphatic carbocycles. The third kappa shape index (κ3) is 5.60. The van der Waals surface area contributed by atoms with Crippen molar-refractivity contribution in [2.45, 2.75) is 31.2 Å². The number of hydrogen-bond acceptors (Lipinski definition) is 4. The van der Waals surface area contributed by atoms with E-state index in [9.17, 15) is 13.2 Å². The molecule has 0 bridgehead atoms. The molecule has 134 valence electrons. The van der Waals surface area contributed by atoms with Crippen LogP contribution in [0, 0.1) is 6.92 Å². The van der Waals surface area contributed by atoms with Crippen molar-refractivity contribution < 1.29 is 17.9 Å². The van der Waals surface area contributed by atoms with Gasteiger partial charge in [0, 0.05) is 6.26 Å². The molecule has 0 fully saturated rings. The molecular formula is C19H23NO4S. The first kappa shape index (κ1) is 19.0. The molecule has 1 amide bonds. The summed E-state index contributed by atoms with van der Waals surface area (Å²) in [4.78, 5) is 12.4. The maximum absolute atomic E-state index is 12.1. The molecule has 1 N–H and O–H groups in total. The van der Waals surface area contributed by atoms with Crippen LogP contribution in [0.2, 0.25) is 0 Å². The minimum Gasteiger partial charge on any atom is -0.484 e. The van der Waals surface area contributed by atoms with E-state index in [1.165, 1.54) is 6.26 Å². The third-order valence-electron chi connectivity index (χ3n) is 3.85. The van der Waals surface area contributed by atoms with E-state index in [2.05, 4.69) is 5.32 Å². The van der Waals surface area contributed by atoms with E-state index in [4.69, 9.17) is 4.74 Å². The highest BCUT2D eigenvalue weighted by Crippen LogP contribution is 2.19. The van der Waals surface area contributed by atoms with Gasteiger partial charge in [0.1, 0.15) is 5.75 Å². The summed E-state index contributed by atoms with van der Waals surface area (Å²) in [5.74, 6) is 0.422. The maximum atomic E-state index is 12.1. The highest BCUT2D eigenvalue weighted by atomic mass is 32.2. The molecule has 2 aromatic carbocycles. The van der Waals surface area contributed by atoms with Gasteiger partial charge in [0.15, 0.2) is 16.4 Å². The Labute approximate surface area is 148 Å². The maximum Gasteiger partial charge on any atom is 0.258 e. The van der Waals surface area contributed by atoms with Crippen molar-refractivity contribution in [3.05, 3.63) is 59.7 Å². The lowest BCUT2D eigenvalue weighted by Gasteiger charge is -2.18. The zero-order valence-corrected chi connectivity index (χ0v) is 15.5. The van der Waals surface area contributed by atoms with Crippen LogP contribution >= 0.6 is 0 Å². The molecule has 0 spiro atoms. The van der Waals surface area contributed by atoms with Crippen LogP contribution in [0.3, 0.4) is 0 Å². The van der Waals surface area contributed by atoms with Crippen LogP contribution < -0.4 is 10.1 Å². The second-order valence-electron chi connectivity index (χ2n) is 5.97. The van der Waals surface area contributed by atoms with E-state index in [0.717, 1.165) is 11.1 Å². The number of aryl methyl sites for hydroxylation is 1. The summed E-state index contributed by atoms with van der Waals surface area (Å²) in [6, 6.07) is 13.9. The van der Waals surface area contributed by atoms with Gasteiger partial charge < -0.3 is 10.1 Å². The van der Waals surface area contributed by atoms with Crippen molar-refractivity contribution >= 4 is 15.7 Å². The van der Waals surface area contributed by atoms with Crippen LogP contribution in [0.4, 0.5) is 0 Å².